The van der Waals surface area contributed by atoms with Crippen molar-refractivity contribution in [1.29, 1.82) is 0 Å². The Bertz CT molecular complexity index is 500. The van der Waals surface area contributed by atoms with Crippen LogP contribution in [0.4, 0.5) is 5.82 Å². The van der Waals surface area contributed by atoms with Crippen molar-refractivity contribution in [2.45, 2.75) is 6.42 Å². The van der Waals surface area contributed by atoms with E-state index in [-0.39, 0.29) is 5.28 Å². The van der Waals surface area contributed by atoms with Crippen LogP contribution in [0, 0.1) is 0 Å². The molecule has 0 radical (unpaired) electrons. The third-order valence-electron chi connectivity index (χ3n) is 2.44. The summed E-state index contributed by atoms with van der Waals surface area (Å²) in [4.78, 5) is 17.4. The summed E-state index contributed by atoms with van der Waals surface area (Å²) in [6.45, 7) is 1.55. The van der Waals surface area contributed by atoms with Gasteiger partial charge in [-0.25, -0.2) is 4.98 Å². The molecule has 0 unspecified atom stereocenters. The van der Waals surface area contributed by atoms with Crippen LogP contribution in [0.1, 0.15) is 6.42 Å². The SMILES string of the molecule is COCCCN(C)c1nc(Cl)nc2nc[nH]c12. The van der Waals surface area contributed by atoms with Gasteiger partial charge in [-0.1, -0.05) is 0 Å². The molecule has 0 spiro atoms. The van der Waals surface area contributed by atoms with E-state index in [1.165, 1.54) is 0 Å². The lowest BCUT2D eigenvalue weighted by Crippen LogP contribution is -2.21. The van der Waals surface area contributed by atoms with Gasteiger partial charge in [-0.2, -0.15) is 9.97 Å². The van der Waals surface area contributed by atoms with Crippen LogP contribution in [0.5, 0.6) is 0 Å². The molecule has 0 aromatic carbocycles. The number of imidazole rings is 1. The number of hydrogen-bond donors (Lipinski definition) is 1. The Kier molecular flexibility index (Phi) is 3.75. The second-order valence-electron chi connectivity index (χ2n) is 3.69. The fourth-order valence-corrected chi connectivity index (χ4v) is 1.78. The minimum Gasteiger partial charge on any atom is -0.385 e. The van der Waals surface area contributed by atoms with E-state index in [0.717, 1.165) is 30.9 Å². The van der Waals surface area contributed by atoms with E-state index in [1.54, 1.807) is 13.4 Å². The van der Waals surface area contributed by atoms with Crippen LogP contribution >= 0.6 is 11.6 Å². The van der Waals surface area contributed by atoms with Crippen LogP contribution in [0.3, 0.4) is 0 Å². The molecular formula is C10H14ClN5O. The average Bonchev–Trinajstić information content (AvgIpc) is 2.75. The number of anilines is 1. The fraction of sp³-hybridized carbons (Fsp3) is 0.500. The molecular weight excluding hydrogens is 242 g/mol. The van der Waals surface area contributed by atoms with Crippen molar-refractivity contribution < 1.29 is 4.74 Å². The molecule has 0 aliphatic rings. The second kappa shape index (κ2) is 5.29. The average molecular weight is 256 g/mol. The number of H-pyrrole nitrogens is 1. The van der Waals surface area contributed by atoms with Crippen molar-refractivity contribution in [2.24, 2.45) is 0 Å². The van der Waals surface area contributed by atoms with Crippen LogP contribution in [0.15, 0.2) is 6.33 Å². The molecule has 0 aliphatic carbocycles. The molecule has 0 saturated carbocycles. The Morgan fingerprint density at radius 1 is 1.47 bits per heavy atom. The van der Waals surface area contributed by atoms with Crippen LogP contribution in [0.25, 0.3) is 11.2 Å². The molecule has 0 amide bonds. The highest BCUT2D eigenvalue weighted by Gasteiger charge is 2.12. The van der Waals surface area contributed by atoms with Crippen molar-refractivity contribution >= 4 is 28.6 Å². The number of fused-ring (bicyclic) bond motifs is 1. The molecule has 0 fully saturated rings. The molecule has 2 aromatic rings. The van der Waals surface area contributed by atoms with Gasteiger partial charge in [-0.3, -0.25) is 0 Å². The van der Waals surface area contributed by atoms with E-state index >= 15 is 0 Å². The van der Waals surface area contributed by atoms with E-state index in [1.807, 2.05) is 11.9 Å². The lowest BCUT2D eigenvalue weighted by molar-refractivity contribution is 0.196. The zero-order chi connectivity index (χ0) is 12.3. The maximum atomic E-state index is 5.86. The third-order valence-corrected chi connectivity index (χ3v) is 2.61. The molecule has 0 atom stereocenters. The topological polar surface area (TPSA) is 66.9 Å². The van der Waals surface area contributed by atoms with Gasteiger partial charge in [-0.15, -0.1) is 0 Å². The summed E-state index contributed by atoms with van der Waals surface area (Å²) < 4.78 is 5.02. The number of halogens is 1. The summed E-state index contributed by atoms with van der Waals surface area (Å²) in [5.41, 5.74) is 1.38. The lowest BCUT2D eigenvalue weighted by atomic mass is 10.4. The van der Waals surface area contributed by atoms with Gasteiger partial charge >= 0.3 is 0 Å². The minimum atomic E-state index is 0.207. The van der Waals surface area contributed by atoms with Crippen molar-refractivity contribution in [3.63, 3.8) is 0 Å². The first-order chi connectivity index (χ1) is 8.22. The molecule has 7 heteroatoms. The Hall–Kier alpha value is -1.40. The zero-order valence-corrected chi connectivity index (χ0v) is 10.5. The van der Waals surface area contributed by atoms with Crippen LogP contribution < -0.4 is 4.90 Å². The molecule has 0 aliphatic heterocycles. The van der Waals surface area contributed by atoms with E-state index in [2.05, 4.69) is 19.9 Å². The van der Waals surface area contributed by atoms with Crippen molar-refractivity contribution in [1.82, 2.24) is 19.9 Å². The first-order valence-electron chi connectivity index (χ1n) is 5.29. The van der Waals surface area contributed by atoms with Crippen molar-refractivity contribution in [3.8, 4) is 0 Å². The molecule has 6 nitrogen and oxygen atoms in total. The zero-order valence-electron chi connectivity index (χ0n) is 9.77. The third kappa shape index (κ3) is 2.65. The highest BCUT2D eigenvalue weighted by molar-refractivity contribution is 6.28. The second-order valence-corrected chi connectivity index (χ2v) is 4.02. The van der Waals surface area contributed by atoms with Gasteiger partial charge in [0, 0.05) is 27.3 Å². The normalized spacial score (nSPS) is 11.0. The van der Waals surface area contributed by atoms with Crippen molar-refractivity contribution in [2.75, 3.05) is 32.2 Å². The van der Waals surface area contributed by atoms with Crippen molar-refractivity contribution in [3.05, 3.63) is 11.6 Å². The fourth-order valence-electron chi connectivity index (χ4n) is 1.62. The predicted molar refractivity (Wildman–Crippen MR) is 66.5 cm³/mol. The minimum absolute atomic E-state index is 0.207. The van der Waals surface area contributed by atoms with Crippen LogP contribution in [-0.2, 0) is 4.74 Å². The Balaban J connectivity index is 2.24. The molecule has 2 rings (SSSR count). The number of methoxy groups -OCH3 is 1. The highest BCUT2D eigenvalue weighted by Crippen LogP contribution is 2.21. The van der Waals surface area contributed by atoms with Gasteiger partial charge in [0.15, 0.2) is 11.5 Å². The van der Waals surface area contributed by atoms with E-state index in [9.17, 15) is 0 Å². The Morgan fingerprint density at radius 2 is 2.29 bits per heavy atom. The van der Waals surface area contributed by atoms with Crippen LogP contribution in [-0.4, -0.2) is 47.2 Å². The maximum absolute atomic E-state index is 5.86. The van der Waals surface area contributed by atoms with Gasteiger partial charge in [0.1, 0.15) is 5.52 Å². The number of hydrogen-bond acceptors (Lipinski definition) is 5. The lowest BCUT2D eigenvalue weighted by Gasteiger charge is -2.18. The molecule has 2 heterocycles. The predicted octanol–water partition coefficient (Wildman–Crippen LogP) is 1.48. The highest BCUT2D eigenvalue weighted by atomic mass is 35.5. The van der Waals surface area contributed by atoms with E-state index in [4.69, 9.17) is 16.3 Å². The van der Waals surface area contributed by atoms with E-state index < -0.39 is 0 Å². The first kappa shape index (κ1) is 12.1. The first-order valence-corrected chi connectivity index (χ1v) is 5.67. The molecule has 92 valence electrons. The molecule has 2 aromatic heterocycles. The Labute approximate surface area is 104 Å². The summed E-state index contributed by atoms with van der Waals surface area (Å²) in [7, 11) is 3.64. The number of ether oxygens (including phenoxy) is 1. The number of rotatable bonds is 5. The largest absolute Gasteiger partial charge is 0.385 e. The smallest absolute Gasteiger partial charge is 0.226 e. The number of nitrogens with zero attached hydrogens (tertiary/aromatic N) is 4. The Morgan fingerprint density at radius 3 is 3.06 bits per heavy atom. The number of aromatic amines is 1. The van der Waals surface area contributed by atoms with Gasteiger partial charge in [0.25, 0.3) is 0 Å². The molecule has 1 N–H and O–H groups in total. The summed E-state index contributed by atoms with van der Waals surface area (Å²) in [6, 6.07) is 0. The number of nitrogens with one attached hydrogen (secondary N) is 1. The van der Waals surface area contributed by atoms with Gasteiger partial charge in [0.05, 0.1) is 6.33 Å². The molecule has 0 bridgehead atoms. The van der Waals surface area contributed by atoms with Gasteiger partial charge < -0.3 is 14.6 Å². The summed E-state index contributed by atoms with van der Waals surface area (Å²) in [5.74, 6) is 0.758. The van der Waals surface area contributed by atoms with E-state index in [0.29, 0.717) is 5.65 Å². The monoisotopic (exact) mass is 255 g/mol. The molecule has 0 saturated heterocycles. The quantitative estimate of drug-likeness (QED) is 0.648. The summed E-state index contributed by atoms with van der Waals surface area (Å²) >= 11 is 5.86. The van der Waals surface area contributed by atoms with Crippen LogP contribution in [0.2, 0.25) is 5.28 Å². The van der Waals surface area contributed by atoms with Gasteiger partial charge in [0.2, 0.25) is 5.28 Å². The standard InChI is InChI=1S/C10H14ClN5O/c1-16(4-3-5-17-2)9-7-8(13-6-12-7)14-10(11)15-9/h6H,3-5H2,1-2H3,(H,12,13,14,15). The number of aromatic nitrogens is 4. The molecule has 17 heavy (non-hydrogen) atoms. The maximum Gasteiger partial charge on any atom is 0.226 e. The summed E-state index contributed by atoms with van der Waals surface area (Å²) in [6.07, 6.45) is 2.51. The summed E-state index contributed by atoms with van der Waals surface area (Å²) in [5, 5.41) is 0.207. The van der Waals surface area contributed by atoms with Gasteiger partial charge in [-0.05, 0) is 18.0 Å².